The van der Waals surface area contributed by atoms with Gasteiger partial charge < -0.3 is 5.32 Å². The van der Waals surface area contributed by atoms with Crippen LogP contribution >= 0.6 is 0 Å². The Labute approximate surface area is 97.1 Å². The van der Waals surface area contributed by atoms with E-state index in [0.717, 1.165) is 24.2 Å². The molecule has 1 aromatic rings. The van der Waals surface area contributed by atoms with Crippen molar-refractivity contribution >= 4 is 0 Å². The molecule has 0 unspecified atom stereocenters. The fourth-order valence-corrected chi connectivity index (χ4v) is 2.54. The normalized spacial score (nSPS) is 19.8. The Morgan fingerprint density at radius 2 is 1.56 bits per heavy atom. The van der Waals surface area contributed by atoms with E-state index in [9.17, 15) is 4.39 Å². The molecule has 88 valence electrons. The van der Waals surface area contributed by atoms with Crippen molar-refractivity contribution in [3.8, 4) is 0 Å². The van der Waals surface area contributed by atoms with Gasteiger partial charge in [0.15, 0.2) is 0 Å². The summed E-state index contributed by atoms with van der Waals surface area (Å²) in [5.41, 5.74) is 3.31. The number of aryl methyl sites for hydroxylation is 3. The van der Waals surface area contributed by atoms with Gasteiger partial charge in [-0.1, -0.05) is 12.1 Å². The lowest BCUT2D eigenvalue weighted by atomic mass is 9.83. The second-order valence-corrected chi connectivity index (χ2v) is 4.97. The Hall–Kier alpha value is -0.890. The summed E-state index contributed by atoms with van der Waals surface area (Å²) in [4.78, 5) is 0. The summed E-state index contributed by atoms with van der Waals surface area (Å²) in [5, 5.41) is 3.22. The van der Waals surface area contributed by atoms with Crippen LogP contribution in [0.2, 0.25) is 0 Å². The first-order valence-corrected chi connectivity index (χ1v) is 6.01. The Bertz CT molecular complexity index is 392. The number of hydrogen-bond acceptors (Lipinski definition) is 1. The molecule has 1 nitrogen and oxygen atoms in total. The molecule has 1 fully saturated rings. The van der Waals surface area contributed by atoms with Gasteiger partial charge in [-0.05, 0) is 69.0 Å². The molecule has 0 atom stereocenters. The SMILES string of the molecule is Cc1cc(C)c(C2(F)CCNCC2)cc1C. The van der Waals surface area contributed by atoms with E-state index in [-0.39, 0.29) is 0 Å². The van der Waals surface area contributed by atoms with E-state index in [1.807, 2.05) is 13.0 Å². The van der Waals surface area contributed by atoms with Crippen LogP contribution in [0, 0.1) is 20.8 Å². The zero-order chi connectivity index (χ0) is 11.8. The first kappa shape index (κ1) is 11.6. The number of piperidine rings is 1. The third-order valence-electron chi connectivity index (χ3n) is 3.72. The number of nitrogens with one attached hydrogen (secondary N) is 1. The summed E-state index contributed by atoms with van der Waals surface area (Å²) < 4.78 is 14.8. The zero-order valence-electron chi connectivity index (χ0n) is 10.4. The van der Waals surface area contributed by atoms with E-state index in [1.54, 1.807) is 0 Å². The van der Waals surface area contributed by atoms with Crippen LogP contribution in [0.3, 0.4) is 0 Å². The van der Waals surface area contributed by atoms with Crippen molar-refractivity contribution in [3.05, 3.63) is 34.4 Å². The van der Waals surface area contributed by atoms with Gasteiger partial charge in [-0.15, -0.1) is 0 Å². The molecule has 0 aliphatic carbocycles. The van der Waals surface area contributed by atoms with Crippen molar-refractivity contribution in [2.24, 2.45) is 0 Å². The molecule has 1 N–H and O–H groups in total. The third kappa shape index (κ3) is 1.99. The molecule has 16 heavy (non-hydrogen) atoms. The van der Waals surface area contributed by atoms with Crippen molar-refractivity contribution in [2.75, 3.05) is 13.1 Å². The van der Waals surface area contributed by atoms with Crippen molar-refractivity contribution in [1.29, 1.82) is 0 Å². The molecule has 1 saturated heterocycles. The van der Waals surface area contributed by atoms with Gasteiger partial charge in [0.1, 0.15) is 5.67 Å². The Morgan fingerprint density at radius 1 is 1.00 bits per heavy atom. The van der Waals surface area contributed by atoms with E-state index in [1.165, 1.54) is 11.1 Å². The Kier molecular flexibility index (Phi) is 3.02. The molecule has 0 aromatic heterocycles. The van der Waals surface area contributed by atoms with Gasteiger partial charge >= 0.3 is 0 Å². The van der Waals surface area contributed by atoms with Crippen molar-refractivity contribution in [1.82, 2.24) is 5.32 Å². The van der Waals surface area contributed by atoms with Crippen LogP contribution in [-0.2, 0) is 5.67 Å². The lowest BCUT2D eigenvalue weighted by molar-refractivity contribution is 0.114. The topological polar surface area (TPSA) is 12.0 Å². The molecule has 1 aromatic carbocycles. The quantitative estimate of drug-likeness (QED) is 0.768. The van der Waals surface area contributed by atoms with Gasteiger partial charge in [0.25, 0.3) is 0 Å². The van der Waals surface area contributed by atoms with Gasteiger partial charge in [0, 0.05) is 0 Å². The highest BCUT2D eigenvalue weighted by Crippen LogP contribution is 2.37. The standard InChI is InChI=1S/C14H20FN/c1-10-8-12(3)13(9-11(10)2)14(15)4-6-16-7-5-14/h8-9,16H,4-7H2,1-3H3. The molecule has 0 bridgehead atoms. The smallest absolute Gasteiger partial charge is 0.138 e. The average molecular weight is 221 g/mol. The van der Waals surface area contributed by atoms with Gasteiger partial charge in [-0.3, -0.25) is 0 Å². The number of rotatable bonds is 1. The molecule has 1 aliphatic rings. The number of alkyl halides is 1. The summed E-state index contributed by atoms with van der Waals surface area (Å²) in [7, 11) is 0. The van der Waals surface area contributed by atoms with Gasteiger partial charge in [0.2, 0.25) is 0 Å². The highest BCUT2D eigenvalue weighted by Gasteiger charge is 2.34. The highest BCUT2D eigenvalue weighted by atomic mass is 19.1. The maximum absolute atomic E-state index is 14.8. The first-order chi connectivity index (χ1) is 7.53. The number of benzene rings is 1. The molecule has 0 spiro atoms. The largest absolute Gasteiger partial charge is 0.316 e. The Morgan fingerprint density at radius 3 is 2.19 bits per heavy atom. The summed E-state index contributed by atoms with van der Waals surface area (Å²) in [6.07, 6.45) is 1.19. The van der Waals surface area contributed by atoms with Gasteiger partial charge in [-0.2, -0.15) is 0 Å². The molecule has 2 heteroatoms. The van der Waals surface area contributed by atoms with E-state index < -0.39 is 5.67 Å². The maximum Gasteiger partial charge on any atom is 0.138 e. The van der Waals surface area contributed by atoms with E-state index in [2.05, 4.69) is 25.2 Å². The highest BCUT2D eigenvalue weighted by molar-refractivity contribution is 5.40. The van der Waals surface area contributed by atoms with Crippen molar-refractivity contribution in [3.63, 3.8) is 0 Å². The minimum atomic E-state index is -1.12. The minimum Gasteiger partial charge on any atom is -0.316 e. The summed E-state index contributed by atoms with van der Waals surface area (Å²) in [6.45, 7) is 7.72. The molecule has 2 rings (SSSR count). The Balaban J connectivity index is 2.42. The summed E-state index contributed by atoms with van der Waals surface area (Å²) in [5.74, 6) is 0. The van der Waals surface area contributed by atoms with Crippen LogP contribution in [0.1, 0.15) is 35.1 Å². The molecule has 1 heterocycles. The second kappa shape index (κ2) is 4.17. The van der Waals surface area contributed by atoms with E-state index >= 15 is 0 Å². The lowest BCUT2D eigenvalue weighted by Crippen LogP contribution is -2.37. The second-order valence-electron chi connectivity index (χ2n) is 4.97. The van der Waals surface area contributed by atoms with Gasteiger partial charge in [0.05, 0.1) is 0 Å². The summed E-state index contributed by atoms with van der Waals surface area (Å²) in [6, 6.07) is 4.14. The van der Waals surface area contributed by atoms with E-state index in [0.29, 0.717) is 12.8 Å². The van der Waals surface area contributed by atoms with Crippen LogP contribution in [0.5, 0.6) is 0 Å². The zero-order valence-corrected chi connectivity index (χ0v) is 10.4. The number of hydrogen-bond donors (Lipinski definition) is 1. The fourth-order valence-electron chi connectivity index (χ4n) is 2.54. The van der Waals surface area contributed by atoms with Crippen LogP contribution < -0.4 is 5.32 Å². The summed E-state index contributed by atoms with van der Waals surface area (Å²) >= 11 is 0. The van der Waals surface area contributed by atoms with Crippen LogP contribution in [0.25, 0.3) is 0 Å². The van der Waals surface area contributed by atoms with Gasteiger partial charge in [-0.25, -0.2) is 4.39 Å². The first-order valence-electron chi connectivity index (χ1n) is 6.01. The van der Waals surface area contributed by atoms with Crippen molar-refractivity contribution in [2.45, 2.75) is 39.3 Å². The number of halogens is 1. The maximum atomic E-state index is 14.8. The monoisotopic (exact) mass is 221 g/mol. The molecular formula is C14H20FN. The molecular weight excluding hydrogens is 201 g/mol. The predicted molar refractivity (Wildman–Crippen MR) is 65.5 cm³/mol. The van der Waals surface area contributed by atoms with E-state index in [4.69, 9.17) is 0 Å². The molecule has 0 amide bonds. The molecule has 0 saturated carbocycles. The predicted octanol–water partition coefficient (Wildman–Crippen LogP) is 3.16. The van der Waals surface area contributed by atoms with Crippen LogP contribution in [0.15, 0.2) is 12.1 Å². The molecule has 0 radical (unpaired) electrons. The average Bonchev–Trinajstić information content (AvgIpc) is 2.24. The fraction of sp³-hybridized carbons (Fsp3) is 0.571. The lowest BCUT2D eigenvalue weighted by Gasteiger charge is -2.32. The molecule has 1 aliphatic heterocycles. The van der Waals surface area contributed by atoms with Crippen LogP contribution in [-0.4, -0.2) is 13.1 Å². The van der Waals surface area contributed by atoms with Crippen molar-refractivity contribution < 1.29 is 4.39 Å². The third-order valence-corrected chi connectivity index (χ3v) is 3.72. The van der Waals surface area contributed by atoms with Crippen LogP contribution in [0.4, 0.5) is 4.39 Å². The minimum absolute atomic E-state index is 0.594.